The number of rotatable bonds is 11. The molecule has 4 aromatic carbocycles. The van der Waals surface area contributed by atoms with E-state index in [4.69, 9.17) is 23.2 Å². The fourth-order valence-corrected chi connectivity index (χ4v) is 6.84. The van der Waals surface area contributed by atoms with Gasteiger partial charge in [-0.25, -0.2) is 8.42 Å². The number of sulfonamides is 1. The predicted octanol–water partition coefficient (Wildman–Crippen LogP) is 7.05. The van der Waals surface area contributed by atoms with Crippen LogP contribution in [0.15, 0.2) is 108 Å². The number of carbonyl (C=O) groups excluding carboxylic acids is 2. The molecule has 0 fully saturated rings. The maximum Gasteiger partial charge on any atom is 0.264 e. The number of carbonyl (C=O) groups is 2. The van der Waals surface area contributed by atoms with Crippen molar-refractivity contribution in [3.05, 3.63) is 130 Å². The van der Waals surface area contributed by atoms with E-state index in [9.17, 15) is 18.0 Å². The number of halogens is 2. The average molecular weight is 667 g/mol. The summed E-state index contributed by atoms with van der Waals surface area (Å²) in [4.78, 5) is 30.0. The lowest BCUT2D eigenvalue weighted by Crippen LogP contribution is -2.56. The van der Waals surface area contributed by atoms with Crippen LogP contribution in [0.3, 0.4) is 0 Å². The molecule has 0 radical (unpaired) electrons. The van der Waals surface area contributed by atoms with Gasteiger partial charge in [0, 0.05) is 34.1 Å². The van der Waals surface area contributed by atoms with Gasteiger partial charge in [0.25, 0.3) is 10.0 Å². The number of hydrogen-bond donors (Lipinski definition) is 1. The molecular weight excluding hydrogens is 629 g/mol. The monoisotopic (exact) mass is 665 g/mol. The van der Waals surface area contributed by atoms with Gasteiger partial charge in [0.2, 0.25) is 11.8 Å². The molecule has 0 saturated heterocycles. The first-order valence-corrected chi connectivity index (χ1v) is 16.7. The van der Waals surface area contributed by atoms with E-state index in [1.54, 1.807) is 54.6 Å². The number of nitrogens with zero attached hydrogens (tertiary/aromatic N) is 2. The Morgan fingerprint density at radius 2 is 1.40 bits per heavy atom. The molecule has 0 bridgehead atoms. The Hall–Kier alpha value is -3.85. The van der Waals surface area contributed by atoms with Crippen LogP contribution in [-0.2, 0) is 32.6 Å². The van der Waals surface area contributed by atoms with Crippen LogP contribution in [0.5, 0.6) is 0 Å². The normalized spacial score (nSPS) is 12.3. The molecule has 0 spiro atoms. The van der Waals surface area contributed by atoms with Gasteiger partial charge in [-0.1, -0.05) is 89.9 Å². The zero-order valence-corrected chi connectivity index (χ0v) is 28.0. The SMILES string of the molecule is Cc1cccc(N(CC(=O)N(Cc2c(Cl)cccc2Cl)[C@H](Cc2ccccc2)C(=O)NC(C)(C)C)S(=O)(=O)c2ccccc2)c1. The highest BCUT2D eigenvalue weighted by molar-refractivity contribution is 7.92. The second-order valence-electron chi connectivity index (χ2n) is 11.8. The molecule has 1 atom stereocenters. The van der Waals surface area contributed by atoms with Crippen molar-refractivity contribution in [3.63, 3.8) is 0 Å². The number of benzene rings is 4. The van der Waals surface area contributed by atoms with Crippen LogP contribution in [0, 0.1) is 6.92 Å². The first-order chi connectivity index (χ1) is 21.3. The summed E-state index contributed by atoms with van der Waals surface area (Å²) in [6.07, 6.45) is 0.173. The number of nitrogens with one attached hydrogen (secondary N) is 1. The Labute approximate surface area is 275 Å². The molecule has 0 aliphatic rings. The third-order valence-corrected chi connectivity index (χ3v) is 9.56. The molecule has 0 aliphatic carbocycles. The molecule has 45 heavy (non-hydrogen) atoms. The molecule has 7 nitrogen and oxygen atoms in total. The van der Waals surface area contributed by atoms with Crippen molar-refractivity contribution in [1.82, 2.24) is 10.2 Å². The molecule has 4 rings (SSSR count). The summed E-state index contributed by atoms with van der Waals surface area (Å²) in [6.45, 7) is 6.71. The fraction of sp³-hybridized carbons (Fsp3) is 0.257. The smallest absolute Gasteiger partial charge is 0.264 e. The van der Waals surface area contributed by atoms with E-state index in [1.807, 2.05) is 64.1 Å². The Kier molecular flexibility index (Phi) is 11.0. The van der Waals surface area contributed by atoms with Crippen molar-refractivity contribution in [2.45, 2.75) is 57.1 Å². The minimum absolute atomic E-state index is 0.0336. The molecule has 0 heterocycles. The largest absolute Gasteiger partial charge is 0.350 e. The van der Waals surface area contributed by atoms with Gasteiger partial charge in [0.1, 0.15) is 12.6 Å². The number of anilines is 1. The zero-order chi connectivity index (χ0) is 32.8. The van der Waals surface area contributed by atoms with Crippen molar-refractivity contribution in [2.24, 2.45) is 0 Å². The predicted molar refractivity (Wildman–Crippen MR) is 181 cm³/mol. The van der Waals surface area contributed by atoms with Crippen molar-refractivity contribution >= 4 is 50.7 Å². The fourth-order valence-electron chi connectivity index (χ4n) is 4.89. The van der Waals surface area contributed by atoms with Crippen molar-refractivity contribution in [2.75, 3.05) is 10.8 Å². The van der Waals surface area contributed by atoms with Crippen LogP contribution < -0.4 is 9.62 Å². The standard InChI is InChI=1S/C35H37Cl2N3O4S/c1-25-13-11-16-27(21-25)40(45(43,44)28-17-9-6-10-18-28)24-33(41)39(23-29-30(36)19-12-20-31(29)37)32(34(42)38-35(2,3)4)22-26-14-7-5-8-15-26/h5-21,32H,22-24H2,1-4H3,(H,38,42)/t32-/m1/s1. The van der Waals surface area contributed by atoms with Crippen LogP contribution in [0.1, 0.15) is 37.5 Å². The summed E-state index contributed by atoms with van der Waals surface area (Å²) >= 11 is 13.1. The summed E-state index contributed by atoms with van der Waals surface area (Å²) in [7, 11) is -4.19. The highest BCUT2D eigenvalue weighted by atomic mass is 35.5. The molecule has 2 amide bonds. The van der Waals surface area contributed by atoms with Crippen LogP contribution >= 0.6 is 23.2 Å². The first-order valence-electron chi connectivity index (χ1n) is 14.5. The Balaban J connectivity index is 1.85. The van der Waals surface area contributed by atoms with Gasteiger partial charge in [0.15, 0.2) is 0 Å². The third-order valence-electron chi connectivity index (χ3n) is 7.06. The van der Waals surface area contributed by atoms with Crippen LogP contribution in [0.2, 0.25) is 10.0 Å². The molecule has 0 aromatic heterocycles. The van der Waals surface area contributed by atoms with Crippen LogP contribution in [0.4, 0.5) is 5.69 Å². The summed E-state index contributed by atoms with van der Waals surface area (Å²) < 4.78 is 29.3. The molecule has 1 N–H and O–H groups in total. The van der Waals surface area contributed by atoms with Crippen LogP contribution in [0.25, 0.3) is 0 Å². The van der Waals surface area contributed by atoms with Crippen molar-refractivity contribution in [1.29, 1.82) is 0 Å². The first kappa shape index (κ1) is 34.0. The molecule has 4 aromatic rings. The van der Waals surface area contributed by atoms with Gasteiger partial charge in [-0.05, 0) is 75.2 Å². The molecule has 236 valence electrons. The number of hydrogen-bond acceptors (Lipinski definition) is 4. The second-order valence-corrected chi connectivity index (χ2v) is 14.5. The maximum atomic E-state index is 14.6. The van der Waals surface area contributed by atoms with Crippen LogP contribution in [-0.4, -0.2) is 43.3 Å². The minimum Gasteiger partial charge on any atom is -0.350 e. The Bertz CT molecular complexity index is 1720. The summed E-state index contributed by atoms with van der Waals surface area (Å²) in [5.74, 6) is -0.993. The Morgan fingerprint density at radius 3 is 1.98 bits per heavy atom. The molecule has 0 unspecified atom stereocenters. The quantitative estimate of drug-likeness (QED) is 0.186. The summed E-state index contributed by atoms with van der Waals surface area (Å²) in [5.41, 5.74) is 1.81. The van der Waals surface area contributed by atoms with Gasteiger partial charge in [-0.15, -0.1) is 0 Å². The van der Waals surface area contributed by atoms with E-state index in [1.165, 1.54) is 17.0 Å². The number of amides is 2. The van der Waals surface area contributed by atoms with E-state index in [0.717, 1.165) is 15.4 Å². The summed E-state index contributed by atoms with van der Waals surface area (Å²) in [5, 5.41) is 3.65. The zero-order valence-electron chi connectivity index (χ0n) is 25.7. The van der Waals surface area contributed by atoms with Gasteiger partial charge >= 0.3 is 0 Å². The van der Waals surface area contributed by atoms with E-state index in [0.29, 0.717) is 21.3 Å². The van der Waals surface area contributed by atoms with Gasteiger partial charge < -0.3 is 10.2 Å². The van der Waals surface area contributed by atoms with E-state index < -0.39 is 40.0 Å². The highest BCUT2D eigenvalue weighted by Gasteiger charge is 2.36. The van der Waals surface area contributed by atoms with Crippen molar-refractivity contribution < 1.29 is 18.0 Å². The number of aryl methyl sites for hydroxylation is 1. The maximum absolute atomic E-state index is 14.6. The topological polar surface area (TPSA) is 86.8 Å². The molecular formula is C35H37Cl2N3O4S. The minimum atomic E-state index is -4.19. The van der Waals surface area contributed by atoms with Crippen molar-refractivity contribution in [3.8, 4) is 0 Å². The van der Waals surface area contributed by atoms with Gasteiger partial charge in [-0.3, -0.25) is 13.9 Å². The molecule has 10 heteroatoms. The lowest BCUT2D eigenvalue weighted by Gasteiger charge is -2.35. The Morgan fingerprint density at radius 1 is 0.822 bits per heavy atom. The van der Waals surface area contributed by atoms with E-state index in [2.05, 4.69) is 5.32 Å². The van der Waals surface area contributed by atoms with Gasteiger partial charge in [0.05, 0.1) is 10.6 Å². The van der Waals surface area contributed by atoms with E-state index in [-0.39, 0.29) is 17.9 Å². The molecule has 0 saturated carbocycles. The molecule has 0 aliphatic heterocycles. The third kappa shape index (κ3) is 8.87. The lowest BCUT2D eigenvalue weighted by molar-refractivity contribution is -0.140. The van der Waals surface area contributed by atoms with E-state index >= 15 is 0 Å². The van der Waals surface area contributed by atoms with Gasteiger partial charge in [-0.2, -0.15) is 0 Å². The average Bonchev–Trinajstić information content (AvgIpc) is 2.99. The highest BCUT2D eigenvalue weighted by Crippen LogP contribution is 2.29. The lowest BCUT2D eigenvalue weighted by atomic mass is 10.0. The second kappa shape index (κ2) is 14.5. The summed E-state index contributed by atoms with van der Waals surface area (Å²) in [6, 6.07) is 28.2.